The quantitative estimate of drug-likeness (QED) is 0.746. The molecule has 1 N–H and O–H groups in total. The van der Waals surface area contributed by atoms with Crippen molar-refractivity contribution in [1.29, 1.82) is 0 Å². The third-order valence-corrected chi connectivity index (χ3v) is 4.18. The molecule has 1 aliphatic heterocycles. The topological polar surface area (TPSA) is 15.3 Å². The van der Waals surface area contributed by atoms with Crippen LogP contribution in [0.5, 0.6) is 0 Å². The minimum atomic E-state index is 0.888. The number of rotatable bonds is 6. The Morgan fingerprint density at radius 1 is 1.20 bits per heavy atom. The summed E-state index contributed by atoms with van der Waals surface area (Å²) in [5.41, 5.74) is 0. The molecule has 0 spiro atoms. The van der Waals surface area contributed by atoms with Crippen LogP contribution in [0.1, 0.15) is 25.7 Å². The Morgan fingerprint density at radius 3 is 2.53 bits per heavy atom. The van der Waals surface area contributed by atoms with E-state index in [-0.39, 0.29) is 0 Å². The van der Waals surface area contributed by atoms with Gasteiger partial charge in [-0.15, -0.1) is 0 Å². The lowest BCUT2D eigenvalue weighted by Crippen LogP contribution is -2.38. The molecule has 0 aromatic carbocycles. The van der Waals surface area contributed by atoms with Crippen molar-refractivity contribution < 1.29 is 0 Å². The zero-order valence-corrected chi connectivity index (χ0v) is 10.7. The van der Waals surface area contributed by atoms with Gasteiger partial charge in [-0.1, -0.05) is 0 Å². The predicted octanol–water partition coefficient (Wildman–Crippen LogP) is 1.81. The summed E-state index contributed by atoms with van der Waals surface area (Å²) in [4.78, 5) is 2.63. The Kier molecular flexibility index (Phi) is 4.79. The first-order chi connectivity index (χ1) is 7.38. The van der Waals surface area contributed by atoms with Gasteiger partial charge in [0.15, 0.2) is 0 Å². The number of thioether (sulfide) groups is 1. The molecule has 0 atom stereocenters. The van der Waals surface area contributed by atoms with Gasteiger partial charge in [0.05, 0.1) is 0 Å². The molecule has 0 bridgehead atoms. The smallest absolute Gasteiger partial charge is 0.00722 e. The largest absolute Gasteiger partial charge is 0.314 e. The molecule has 0 aromatic rings. The van der Waals surface area contributed by atoms with Crippen molar-refractivity contribution in [3.63, 3.8) is 0 Å². The molecule has 0 aromatic heterocycles. The molecule has 0 unspecified atom stereocenters. The lowest BCUT2D eigenvalue weighted by atomic mass is 9.97. The molecule has 0 amide bonds. The summed E-state index contributed by atoms with van der Waals surface area (Å²) >= 11 is 1.96. The SMILES string of the molecule is CSCCN1CCC(CNC2CC2)CC1. The molecule has 3 heteroatoms. The Hall–Kier alpha value is 0.270. The van der Waals surface area contributed by atoms with Gasteiger partial charge < -0.3 is 10.2 Å². The van der Waals surface area contributed by atoms with Crippen molar-refractivity contribution in [3.05, 3.63) is 0 Å². The zero-order valence-electron chi connectivity index (χ0n) is 9.87. The van der Waals surface area contributed by atoms with Crippen LogP contribution in [0.3, 0.4) is 0 Å². The van der Waals surface area contributed by atoms with Gasteiger partial charge in [-0.2, -0.15) is 11.8 Å². The average molecular weight is 228 g/mol. The summed E-state index contributed by atoms with van der Waals surface area (Å²) in [6.07, 6.45) is 7.87. The minimum Gasteiger partial charge on any atom is -0.314 e. The Morgan fingerprint density at radius 2 is 1.93 bits per heavy atom. The molecule has 1 saturated heterocycles. The number of nitrogens with one attached hydrogen (secondary N) is 1. The van der Waals surface area contributed by atoms with Gasteiger partial charge in [0.1, 0.15) is 0 Å². The molecule has 2 fully saturated rings. The number of hydrogen-bond donors (Lipinski definition) is 1. The van der Waals surface area contributed by atoms with Crippen LogP contribution in [0.15, 0.2) is 0 Å². The van der Waals surface area contributed by atoms with Gasteiger partial charge in [0, 0.05) is 18.3 Å². The van der Waals surface area contributed by atoms with Gasteiger partial charge in [-0.05, 0) is 57.5 Å². The van der Waals surface area contributed by atoms with E-state index in [0.29, 0.717) is 0 Å². The number of hydrogen-bond acceptors (Lipinski definition) is 3. The number of likely N-dealkylation sites (tertiary alicyclic amines) is 1. The maximum Gasteiger partial charge on any atom is 0.00722 e. The van der Waals surface area contributed by atoms with E-state index in [1.165, 1.54) is 57.6 Å². The van der Waals surface area contributed by atoms with Crippen LogP contribution >= 0.6 is 11.8 Å². The first-order valence-electron chi connectivity index (χ1n) is 6.33. The van der Waals surface area contributed by atoms with Gasteiger partial charge in [0.25, 0.3) is 0 Å². The molecule has 88 valence electrons. The highest BCUT2D eigenvalue weighted by molar-refractivity contribution is 7.98. The normalized spacial score (nSPS) is 24.6. The van der Waals surface area contributed by atoms with Crippen LogP contribution in [0.4, 0.5) is 0 Å². The van der Waals surface area contributed by atoms with Crippen LogP contribution in [0.25, 0.3) is 0 Å². The molecule has 2 aliphatic rings. The second-order valence-electron chi connectivity index (χ2n) is 4.96. The maximum absolute atomic E-state index is 3.66. The molecule has 15 heavy (non-hydrogen) atoms. The maximum atomic E-state index is 3.66. The highest BCUT2D eigenvalue weighted by atomic mass is 32.2. The van der Waals surface area contributed by atoms with Crippen LogP contribution in [-0.4, -0.2) is 49.1 Å². The van der Waals surface area contributed by atoms with Crippen LogP contribution < -0.4 is 5.32 Å². The molecular formula is C12H24N2S. The summed E-state index contributed by atoms with van der Waals surface area (Å²) < 4.78 is 0. The fraction of sp³-hybridized carbons (Fsp3) is 1.00. The van der Waals surface area contributed by atoms with E-state index >= 15 is 0 Å². The Bertz CT molecular complexity index is 174. The first kappa shape index (κ1) is 11.7. The van der Waals surface area contributed by atoms with E-state index in [1.807, 2.05) is 11.8 Å². The first-order valence-corrected chi connectivity index (χ1v) is 7.72. The van der Waals surface area contributed by atoms with Crippen molar-refractivity contribution in [2.75, 3.05) is 38.2 Å². The second-order valence-corrected chi connectivity index (χ2v) is 5.95. The number of piperidine rings is 1. The van der Waals surface area contributed by atoms with Crippen molar-refractivity contribution in [2.24, 2.45) is 5.92 Å². The summed E-state index contributed by atoms with van der Waals surface area (Å²) in [6.45, 7) is 5.24. The van der Waals surface area contributed by atoms with Crippen molar-refractivity contribution >= 4 is 11.8 Å². The molecule has 2 rings (SSSR count). The van der Waals surface area contributed by atoms with Gasteiger partial charge in [-0.3, -0.25) is 0 Å². The highest BCUT2D eigenvalue weighted by Crippen LogP contribution is 2.21. The lowest BCUT2D eigenvalue weighted by molar-refractivity contribution is 0.191. The molecule has 2 nitrogen and oxygen atoms in total. The van der Waals surface area contributed by atoms with E-state index in [1.54, 1.807) is 0 Å². The van der Waals surface area contributed by atoms with Crippen LogP contribution in [0, 0.1) is 5.92 Å². The fourth-order valence-electron chi connectivity index (χ4n) is 2.26. The zero-order chi connectivity index (χ0) is 10.5. The van der Waals surface area contributed by atoms with E-state index in [4.69, 9.17) is 0 Å². The third kappa shape index (κ3) is 4.33. The summed E-state index contributed by atoms with van der Waals surface area (Å²) in [7, 11) is 0. The van der Waals surface area contributed by atoms with Gasteiger partial charge in [-0.25, -0.2) is 0 Å². The van der Waals surface area contributed by atoms with E-state index in [0.717, 1.165) is 12.0 Å². The predicted molar refractivity (Wildman–Crippen MR) is 68.6 cm³/mol. The average Bonchev–Trinajstić information content (AvgIpc) is 3.09. The summed E-state index contributed by atoms with van der Waals surface area (Å²) in [5.74, 6) is 2.25. The molecular weight excluding hydrogens is 204 g/mol. The van der Waals surface area contributed by atoms with Crippen LogP contribution in [-0.2, 0) is 0 Å². The fourth-order valence-corrected chi connectivity index (χ4v) is 2.70. The third-order valence-electron chi connectivity index (χ3n) is 3.59. The summed E-state index contributed by atoms with van der Waals surface area (Å²) in [6, 6.07) is 0.888. The Balaban J connectivity index is 1.54. The van der Waals surface area contributed by atoms with E-state index in [2.05, 4.69) is 16.5 Å². The van der Waals surface area contributed by atoms with Gasteiger partial charge >= 0.3 is 0 Å². The number of nitrogens with zero attached hydrogens (tertiary/aromatic N) is 1. The standard InChI is InChI=1S/C12H24N2S/c1-15-9-8-14-6-4-11(5-7-14)10-13-12-2-3-12/h11-13H,2-10H2,1H3. The highest BCUT2D eigenvalue weighted by Gasteiger charge is 2.23. The van der Waals surface area contributed by atoms with E-state index < -0.39 is 0 Å². The Labute approximate surface area is 98.2 Å². The molecule has 1 aliphatic carbocycles. The molecule has 1 heterocycles. The van der Waals surface area contributed by atoms with Crippen molar-refractivity contribution in [3.8, 4) is 0 Å². The van der Waals surface area contributed by atoms with Crippen LogP contribution in [0.2, 0.25) is 0 Å². The second kappa shape index (κ2) is 6.12. The van der Waals surface area contributed by atoms with Crippen molar-refractivity contribution in [2.45, 2.75) is 31.7 Å². The summed E-state index contributed by atoms with van der Waals surface area (Å²) in [5, 5.41) is 3.66. The lowest BCUT2D eigenvalue weighted by Gasteiger charge is -2.31. The molecule has 1 saturated carbocycles. The monoisotopic (exact) mass is 228 g/mol. The molecule has 0 radical (unpaired) electrons. The minimum absolute atomic E-state index is 0.888. The van der Waals surface area contributed by atoms with E-state index in [9.17, 15) is 0 Å². The van der Waals surface area contributed by atoms with Crippen molar-refractivity contribution in [1.82, 2.24) is 10.2 Å². The van der Waals surface area contributed by atoms with Gasteiger partial charge in [0.2, 0.25) is 0 Å².